The molecule has 1 heteroatoms. The molecule has 2 aliphatic carbocycles. The molecule has 14 heavy (non-hydrogen) atoms. The predicted octanol–water partition coefficient (Wildman–Crippen LogP) is 4.08. The highest BCUT2D eigenvalue weighted by Gasteiger charge is 2.36. The standard InChI is InChI=1S/C13H18Si/c1-11-8-9-13(10-11)14(2,3)12-6-4-5-7-12/h4-10,12-13H,1-3H3. The number of hydrogen-bond acceptors (Lipinski definition) is 0. The van der Waals surface area contributed by atoms with Crippen molar-refractivity contribution in [1.29, 1.82) is 0 Å². The van der Waals surface area contributed by atoms with Crippen LogP contribution in [0.5, 0.6) is 0 Å². The highest BCUT2D eigenvalue weighted by molar-refractivity contribution is 6.82. The first-order valence-corrected chi connectivity index (χ1v) is 8.48. The smallest absolute Gasteiger partial charge is 0.0699 e. The summed E-state index contributed by atoms with van der Waals surface area (Å²) in [6.45, 7) is 7.17. The topological polar surface area (TPSA) is 0 Å². The fourth-order valence-corrected chi connectivity index (χ4v) is 5.21. The monoisotopic (exact) mass is 202 g/mol. The molecule has 0 nitrogen and oxygen atoms in total. The van der Waals surface area contributed by atoms with E-state index < -0.39 is 8.07 Å². The Labute approximate surface area is 87.7 Å². The van der Waals surface area contributed by atoms with Gasteiger partial charge >= 0.3 is 0 Å². The van der Waals surface area contributed by atoms with Crippen LogP contribution in [0.1, 0.15) is 6.92 Å². The fraction of sp³-hybridized carbons (Fsp3) is 0.385. The van der Waals surface area contributed by atoms with Crippen molar-refractivity contribution in [3.63, 3.8) is 0 Å². The molecule has 0 aromatic carbocycles. The number of rotatable bonds is 2. The largest absolute Gasteiger partial charge is 0.0803 e. The molecular formula is C13H18Si. The zero-order valence-electron chi connectivity index (χ0n) is 9.20. The van der Waals surface area contributed by atoms with Crippen molar-refractivity contribution in [1.82, 2.24) is 0 Å². The molecule has 0 radical (unpaired) electrons. The first-order valence-electron chi connectivity index (χ1n) is 5.32. The Bertz CT molecular complexity index is 330. The summed E-state index contributed by atoms with van der Waals surface area (Å²) in [7, 11) is -1.22. The van der Waals surface area contributed by atoms with Crippen LogP contribution in [0.4, 0.5) is 0 Å². The van der Waals surface area contributed by atoms with Crippen molar-refractivity contribution in [2.24, 2.45) is 0 Å². The summed E-state index contributed by atoms with van der Waals surface area (Å²) < 4.78 is 0. The van der Waals surface area contributed by atoms with Gasteiger partial charge in [-0.05, 0) is 18.0 Å². The van der Waals surface area contributed by atoms with E-state index in [4.69, 9.17) is 0 Å². The summed E-state index contributed by atoms with van der Waals surface area (Å²) in [4.78, 5) is 0. The minimum atomic E-state index is -1.22. The van der Waals surface area contributed by atoms with Crippen LogP contribution in [0.15, 0.2) is 48.1 Å². The second kappa shape index (κ2) is 3.39. The molecule has 0 fully saturated rings. The van der Waals surface area contributed by atoms with Gasteiger partial charge in [0.15, 0.2) is 0 Å². The maximum atomic E-state index is 2.49. The van der Waals surface area contributed by atoms with Gasteiger partial charge in [-0.3, -0.25) is 0 Å². The Morgan fingerprint density at radius 2 is 1.64 bits per heavy atom. The van der Waals surface area contributed by atoms with Crippen LogP contribution in [0, 0.1) is 0 Å². The van der Waals surface area contributed by atoms with E-state index in [1.807, 2.05) is 0 Å². The number of allylic oxidation sites excluding steroid dienone is 8. The van der Waals surface area contributed by atoms with E-state index in [1.54, 1.807) is 0 Å². The summed E-state index contributed by atoms with van der Waals surface area (Å²) in [5.41, 5.74) is 2.88. The van der Waals surface area contributed by atoms with Crippen molar-refractivity contribution >= 4 is 8.07 Å². The van der Waals surface area contributed by atoms with E-state index in [0.717, 1.165) is 11.1 Å². The van der Waals surface area contributed by atoms with Crippen LogP contribution in [-0.2, 0) is 0 Å². The first-order chi connectivity index (χ1) is 6.60. The van der Waals surface area contributed by atoms with E-state index >= 15 is 0 Å². The highest BCUT2D eigenvalue weighted by atomic mass is 28.3. The van der Waals surface area contributed by atoms with Gasteiger partial charge in [-0.25, -0.2) is 0 Å². The van der Waals surface area contributed by atoms with Gasteiger partial charge in [-0.2, -0.15) is 0 Å². The van der Waals surface area contributed by atoms with E-state index in [9.17, 15) is 0 Å². The molecule has 0 aliphatic heterocycles. The Balaban J connectivity index is 2.20. The van der Waals surface area contributed by atoms with Crippen molar-refractivity contribution in [2.45, 2.75) is 31.1 Å². The summed E-state index contributed by atoms with van der Waals surface area (Å²) in [5.74, 6) is 0. The zero-order valence-corrected chi connectivity index (χ0v) is 10.2. The van der Waals surface area contributed by atoms with Crippen LogP contribution in [0.25, 0.3) is 0 Å². The third-order valence-corrected chi connectivity index (χ3v) is 7.66. The molecule has 1 unspecified atom stereocenters. The molecule has 0 heterocycles. The maximum Gasteiger partial charge on any atom is 0.0699 e. The first kappa shape index (κ1) is 9.72. The van der Waals surface area contributed by atoms with E-state index in [2.05, 4.69) is 62.5 Å². The van der Waals surface area contributed by atoms with Crippen molar-refractivity contribution < 1.29 is 0 Å². The zero-order chi connectivity index (χ0) is 10.2. The van der Waals surface area contributed by atoms with Gasteiger partial charge in [0, 0.05) is 0 Å². The molecule has 0 amide bonds. The predicted molar refractivity (Wildman–Crippen MR) is 66.2 cm³/mol. The summed E-state index contributed by atoms with van der Waals surface area (Å²) >= 11 is 0. The molecule has 0 saturated heterocycles. The van der Waals surface area contributed by atoms with Crippen LogP contribution < -0.4 is 0 Å². The lowest BCUT2D eigenvalue weighted by molar-refractivity contribution is 1.17. The lowest BCUT2D eigenvalue weighted by Crippen LogP contribution is -2.34. The normalized spacial score (nSPS) is 26.2. The van der Waals surface area contributed by atoms with Crippen molar-refractivity contribution in [3.05, 3.63) is 48.1 Å². The fourth-order valence-electron chi connectivity index (χ4n) is 2.26. The molecule has 0 spiro atoms. The Morgan fingerprint density at radius 1 is 1.00 bits per heavy atom. The molecule has 2 rings (SSSR count). The van der Waals surface area contributed by atoms with Crippen molar-refractivity contribution in [2.75, 3.05) is 0 Å². The molecule has 2 aliphatic rings. The van der Waals surface area contributed by atoms with Gasteiger partial charge in [0.2, 0.25) is 0 Å². The molecule has 0 N–H and O–H groups in total. The average Bonchev–Trinajstić information content (AvgIpc) is 2.72. The molecule has 0 aromatic rings. The van der Waals surface area contributed by atoms with Gasteiger partial charge in [0.25, 0.3) is 0 Å². The summed E-state index contributed by atoms with van der Waals surface area (Å²) in [6, 6.07) is 0. The second-order valence-corrected chi connectivity index (χ2v) is 9.89. The average molecular weight is 202 g/mol. The van der Waals surface area contributed by atoms with E-state index in [0.29, 0.717) is 0 Å². The summed E-state index contributed by atoms with van der Waals surface area (Å²) in [6.07, 6.45) is 16.2. The molecule has 0 aromatic heterocycles. The quantitative estimate of drug-likeness (QED) is 0.592. The third kappa shape index (κ3) is 1.57. The molecule has 0 saturated carbocycles. The molecular weight excluding hydrogens is 184 g/mol. The minimum absolute atomic E-state index is 0.722. The van der Waals surface area contributed by atoms with Crippen LogP contribution in [0.2, 0.25) is 24.2 Å². The lowest BCUT2D eigenvalue weighted by atomic mass is 10.3. The molecule has 74 valence electrons. The molecule has 1 atom stereocenters. The van der Waals surface area contributed by atoms with Gasteiger partial charge in [-0.15, -0.1) is 0 Å². The van der Waals surface area contributed by atoms with E-state index in [-0.39, 0.29) is 0 Å². The van der Waals surface area contributed by atoms with Gasteiger partial charge in [0.1, 0.15) is 0 Å². The lowest BCUT2D eigenvalue weighted by Gasteiger charge is -2.31. The third-order valence-electron chi connectivity index (χ3n) is 3.48. The van der Waals surface area contributed by atoms with Crippen LogP contribution in [0.3, 0.4) is 0 Å². The Morgan fingerprint density at radius 3 is 2.14 bits per heavy atom. The van der Waals surface area contributed by atoms with Gasteiger partial charge in [0.05, 0.1) is 8.07 Å². The maximum absolute atomic E-state index is 2.49. The molecule has 0 bridgehead atoms. The minimum Gasteiger partial charge on any atom is -0.0803 e. The number of hydrogen-bond donors (Lipinski definition) is 0. The van der Waals surface area contributed by atoms with E-state index in [1.165, 1.54) is 5.57 Å². The van der Waals surface area contributed by atoms with Gasteiger partial charge < -0.3 is 0 Å². The highest BCUT2D eigenvalue weighted by Crippen LogP contribution is 2.41. The SMILES string of the molecule is CC1=CC([Si](C)(C)C2C=CC=C2)C=C1. The summed E-state index contributed by atoms with van der Waals surface area (Å²) in [5, 5.41) is 0. The Hall–Kier alpha value is -0.823. The second-order valence-electron chi connectivity index (χ2n) is 4.91. The van der Waals surface area contributed by atoms with Crippen LogP contribution in [-0.4, -0.2) is 8.07 Å². The van der Waals surface area contributed by atoms with Crippen LogP contribution >= 0.6 is 0 Å². The van der Waals surface area contributed by atoms with Crippen molar-refractivity contribution in [3.8, 4) is 0 Å². The van der Waals surface area contributed by atoms with Gasteiger partial charge in [-0.1, -0.05) is 61.2 Å². The Kier molecular flexibility index (Phi) is 2.36.